The van der Waals surface area contributed by atoms with Crippen LogP contribution in [-0.2, 0) is 6.42 Å². The number of ether oxygens (including phenoxy) is 2. The van der Waals surface area contributed by atoms with Gasteiger partial charge in [0.2, 0.25) is 11.8 Å². The molecule has 160 valence electrons. The molecule has 1 aromatic heterocycles. The van der Waals surface area contributed by atoms with Crippen molar-refractivity contribution in [3.63, 3.8) is 0 Å². The van der Waals surface area contributed by atoms with Crippen LogP contribution in [0.4, 0.5) is 13.2 Å². The van der Waals surface area contributed by atoms with Gasteiger partial charge >= 0.3 is 6.18 Å². The molecule has 0 spiro atoms. The summed E-state index contributed by atoms with van der Waals surface area (Å²) in [7, 11) is 0. The van der Waals surface area contributed by atoms with E-state index in [1.54, 1.807) is 12.1 Å². The number of aromatic nitrogens is 2. The van der Waals surface area contributed by atoms with Crippen LogP contribution in [0.5, 0.6) is 17.5 Å². The predicted octanol–water partition coefficient (Wildman–Crippen LogP) is 4.56. The van der Waals surface area contributed by atoms with Gasteiger partial charge in [-0.2, -0.15) is 28.4 Å². The van der Waals surface area contributed by atoms with Crippen LogP contribution in [0.15, 0.2) is 48.5 Å². The van der Waals surface area contributed by atoms with E-state index in [1.807, 2.05) is 30.3 Å². The number of hydrogen-bond donors (Lipinski definition) is 1. The zero-order valence-electron chi connectivity index (χ0n) is 16.6. The fourth-order valence-corrected chi connectivity index (χ4v) is 2.84. The molecular formula is C22H19F3N4O2. The minimum Gasteiger partial charge on any atom is -0.468 e. The number of nitrogens with two attached hydrogens (primary N) is 1. The smallest absolute Gasteiger partial charge is 0.422 e. The highest BCUT2D eigenvalue weighted by Gasteiger charge is 2.29. The Bertz CT molecular complexity index is 1090. The largest absolute Gasteiger partial charge is 0.468 e. The lowest BCUT2D eigenvalue weighted by Gasteiger charge is -2.13. The fraction of sp³-hybridized carbons (Fsp3) is 0.227. The van der Waals surface area contributed by atoms with Gasteiger partial charge in [-0.15, -0.1) is 0 Å². The Kier molecular flexibility index (Phi) is 6.72. The van der Waals surface area contributed by atoms with Crippen LogP contribution in [0.2, 0.25) is 0 Å². The van der Waals surface area contributed by atoms with E-state index in [1.165, 1.54) is 19.1 Å². The van der Waals surface area contributed by atoms with Crippen LogP contribution in [0, 0.1) is 18.3 Å². The Hall–Kier alpha value is -3.64. The summed E-state index contributed by atoms with van der Waals surface area (Å²) in [6.07, 6.45) is -3.75. The van der Waals surface area contributed by atoms with Crippen molar-refractivity contribution in [3.8, 4) is 34.7 Å². The number of hydrogen-bond acceptors (Lipinski definition) is 6. The summed E-state index contributed by atoms with van der Waals surface area (Å²) >= 11 is 0. The van der Waals surface area contributed by atoms with Crippen LogP contribution in [0.3, 0.4) is 0 Å². The van der Waals surface area contributed by atoms with Gasteiger partial charge in [0.1, 0.15) is 11.6 Å². The number of rotatable bonds is 7. The predicted molar refractivity (Wildman–Crippen MR) is 108 cm³/mol. The van der Waals surface area contributed by atoms with Crippen molar-refractivity contribution in [2.75, 3.05) is 13.2 Å². The molecule has 0 aliphatic heterocycles. The van der Waals surface area contributed by atoms with Gasteiger partial charge in [0.05, 0.1) is 17.7 Å². The maximum atomic E-state index is 12.5. The number of aryl methyl sites for hydroxylation is 1. The van der Waals surface area contributed by atoms with Gasteiger partial charge in [-0.05, 0) is 49.2 Å². The van der Waals surface area contributed by atoms with Crippen molar-refractivity contribution in [1.29, 1.82) is 5.26 Å². The molecule has 0 aliphatic carbocycles. The number of benzene rings is 2. The maximum absolute atomic E-state index is 12.5. The highest BCUT2D eigenvalue weighted by atomic mass is 19.4. The Morgan fingerprint density at radius 1 is 1.03 bits per heavy atom. The molecule has 0 aliphatic rings. The summed E-state index contributed by atoms with van der Waals surface area (Å²) in [6.45, 7) is 0.569. The molecule has 31 heavy (non-hydrogen) atoms. The van der Waals surface area contributed by atoms with E-state index in [-0.39, 0.29) is 17.6 Å². The molecule has 3 aromatic rings. The van der Waals surface area contributed by atoms with Gasteiger partial charge in [0.25, 0.3) is 0 Å². The van der Waals surface area contributed by atoms with Crippen molar-refractivity contribution in [3.05, 3.63) is 65.5 Å². The maximum Gasteiger partial charge on any atom is 0.422 e. The number of nitriles is 1. The first-order chi connectivity index (χ1) is 14.8. The minimum absolute atomic E-state index is 0.000709. The van der Waals surface area contributed by atoms with E-state index in [0.717, 1.165) is 17.5 Å². The zero-order valence-corrected chi connectivity index (χ0v) is 16.6. The van der Waals surface area contributed by atoms with E-state index in [9.17, 15) is 18.4 Å². The third-order valence-corrected chi connectivity index (χ3v) is 4.20. The lowest BCUT2D eigenvalue weighted by atomic mass is 10.0. The van der Waals surface area contributed by atoms with E-state index >= 15 is 0 Å². The van der Waals surface area contributed by atoms with Crippen molar-refractivity contribution >= 4 is 0 Å². The second-order valence-corrected chi connectivity index (χ2v) is 6.66. The summed E-state index contributed by atoms with van der Waals surface area (Å²) < 4.78 is 47.9. The summed E-state index contributed by atoms with van der Waals surface area (Å²) in [5.41, 5.74) is 8.55. The van der Waals surface area contributed by atoms with Gasteiger partial charge in [-0.1, -0.05) is 24.3 Å². The van der Waals surface area contributed by atoms with Crippen LogP contribution >= 0.6 is 0 Å². The van der Waals surface area contributed by atoms with Crippen molar-refractivity contribution < 1.29 is 22.6 Å². The Morgan fingerprint density at radius 2 is 1.74 bits per heavy atom. The lowest BCUT2D eigenvalue weighted by Crippen LogP contribution is -2.19. The Balaban J connectivity index is 1.93. The van der Waals surface area contributed by atoms with Crippen molar-refractivity contribution in [2.24, 2.45) is 5.73 Å². The highest BCUT2D eigenvalue weighted by Crippen LogP contribution is 2.34. The fourth-order valence-electron chi connectivity index (χ4n) is 2.84. The molecule has 0 amide bonds. The van der Waals surface area contributed by atoms with Crippen LogP contribution in [0.1, 0.15) is 17.0 Å². The molecule has 0 saturated heterocycles. The van der Waals surface area contributed by atoms with E-state index < -0.39 is 12.8 Å². The third kappa shape index (κ3) is 6.17. The normalized spacial score (nSPS) is 11.1. The monoisotopic (exact) mass is 428 g/mol. The first-order valence-electron chi connectivity index (χ1n) is 9.34. The average molecular weight is 428 g/mol. The Labute approximate surface area is 177 Å². The topological polar surface area (TPSA) is 94.0 Å². The summed E-state index contributed by atoms with van der Waals surface area (Å²) in [5, 5.41) is 9.25. The second-order valence-electron chi connectivity index (χ2n) is 6.66. The molecule has 1 heterocycles. The van der Waals surface area contributed by atoms with Gasteiger partial charge in [-0.3, -0.25) is 0 Å². The molecule has 0 atom stereocenters. The first-order valence-corrected chi connectivity index (χ1v) is 9.34. The summed E-state index contributed by atoms with van der Waals surface area (Å²) in [5.74, 6) is 0.244. The molecular weight excluding hydrogens is 409 g/mol. The van der Waals surface area contributed by atoms with Crippen LogP contribution in [0.25, 0.3) is 11.1 Å². The summed E-state index contributed by atoms with van der Waals surface area (Å²) in [6, 6.07) is 15.8. The van der Waals surface area contributed by atoms with Crippen molar-refractivity contribution in [2.45, 2.75) is 19.5 Å². The average Bonchev–Trinajstić information content (AvgIpc) is 2.72. The number of halogens is 3. The SMILES string of the molecule is Cc1nc(OCC(F)(F)F)cc(Oc2cc(C#N)ccc2-c2ccc(CCN)cc2)n1. The molecule has 0 saturated carbocycles. The quantitative estimate of drug-likeness (QED) is 0.593. The van der Waals surface area contributed by atoms with E-state index in [4.69, 9.17) is 15.2 Å². The molecule has 0 bridgehead atoms. The van der Waals surface area contributed by atoms with Gasteiger partial charge in [-0.25, -0.2) is 0 Å². The van der Waals surface area contributed by atoms with Crippen LogP contribution in [-0.4, -0.2) is 29.3 Å². The molecule has 0 unspecified atom stereocenters. The third-order valence-electron chi connectivity index (χ3n) is 4.20. The second kappa shape index (κ2) is 9.45. The standard InChI is InChI=1S/C22H19F3N4O2/c1-14-28-20(30-13-22(23,24)25)11-21(29-14)31-19-10-16(12-27)4-7-18(19)17-5-2-15(3-6-17)8-9-26/h2-7,10-11H,8-9,13,26H2,1H3. The molecule has 0 radical (unpaired) electrons. The highest BCUT2D eigenvalue weighted by molar-refractivity contribution is 5.72. The minimum atomic E-state index is -4.50. The molecule has 9 heteroatoms. The Morgan fingerprint density at radius 3 is 2.39 bits per heavy atom. The number of alkyl halides is 3. The molecule has 6 nitrogen and oxygen atoms in total. The summed E-state index contributed by atoms with van der Waals surface area (Å²) in [4.78, 5) is 7.96. The molecule has 3 rings (SSSR count). The van der Waals surface area contributed by atoms with E-state index in [0.29, 0.717) is 23.4 Å². The first kappa shape index (κ1) is 22.1. The van der Waals surface area contributed by atoms with Crippen LogP contribution < -0.4 is 15.2 Å². The lowest BCUT2D eigenvalue weighted by molar-refractivity contribution is -0.154. The molecule has 2 N–H and O–H groups in total. The van der Waals surface area contributed by atoms with Crippen molar-refractivity contribution in [1.82, 2.24) is 9.97 Å². The van der Waals surface area contributed by atoms with Gasteiger partial charge in [0.15, 0.2) is 6.61 Å². The van der Waals surface area contributed by atoms with Gasteiger partial charge in [0, 0.05) is 5.56 Å². The molecule has 0 fully saturated rings. The number of nitrogens with zero attached hydrogens (tertiary/aromatic N) is 3. The van der Waals surface area contributed by atoms with E-state index in [2.05, 4.69) is 9.97 Å². The van der Waals surface area contributed by atoms with Gasteiger partial charge < -0.3 is 15.2 Å². The zero-order chi connectivity index (χ0) is 22.4. The molecule has 2 aromatic carbocycles.